The second kappa shape index (κ2) is 8.22. The van der Waals surface area contributed by atoms with E-state index in [0.29, 0.717) is 17.1 Å². The van der Waals surface area contributed by atoms with Crippen molar-refractivity contribution in [2.75, 3.05) is 11.4 Å². The molecule has 0 atom stereocenters. The molecule has 0 saturated carbocycles. The number of rotatable bonds is 5. The molecule has 0 unspecified atom stereocenters. The summed E-state index contributed by atoms with van der Waals surface area (Å²) in [4.78, 5) is 14.8. The van der Waals surface area contributed by atoms with Crippen LogP contribution in [0.5, 0.6) is 0 Å². The van der Waals surface area contributed by atoms with E-state index in [1.165, 1.54) is 12.1 Å². The summed E-state index contributed by atoms with van der Waals surface area (Å²) in [6, 6.07) is 19.4. The maximum atomic E-state index is 12.9. The molecule has 0 saturated heterocycles. The Morgan fingerprint density at radius 3 is 2.57 bits per heavy atom. The number of carbonyl (C=O) groups excluding carboxylic acids is 1. The molecule has 30 heavy (non-hydrogen) atoms. The first kappa shape index (κ1) is 20.6. The number of sulfonamides is 1. The summed E-state index contributed by atoms with van der Waals surface area (Å²) < 4.78 is 27.6. The van der Waals surface area contributed by atoms with Crippen LogP contribution in [-0.4, -0.2) is 20.9 Å². The minimum absolute atomic E-state index is 0.0249. The minimum atomic E-state index is -3.66. The Labute approximate surface area is 181 Å². The lowest BCUT2D eigenvalue weighted by atomic mass is 10.1. The second-order valence-corrected chi connectivity index (χ2v) is 9.52. The van der Waals surface area contributed by atoms with Crippen molar-refractivity contribution in [3.63, 3.8) is 0 Å². The molecule has 7 heteroatoms. The van der Waals surface area contributed by atoms with Crippen LogP contribution in [0.25, 0.3) is 0 Å². The molecule has 5 nitrogen and oxygen atoms in total. The highest BCUT2D eigenvalue weighted by molar-refractivity contribution is 7.89. The Bertz CT molecular complexity index is 1210. The van der Waals surface area contributed by atoms with Gasteiger partial charge in [-0.05, 0) is 60.9 Å². The zero-order valence-corrected chi connectivity index (χ0v) is 18.0. The summed E-state index contributed by atoms with van der Waals surface area (Å²) in [5.74, 6) is -0.0249. The predicted octanol–water partition coefficient (Wildman–Crippen LogP) is 4.33. The van der Waals surface area contributed by atoms with Crippen molar-refractivity contribution in [1.29, 1.82) is 0 Å². The van der Waals surface area contributed by atoms with Crippen molar-refractivity contribution in [3.8, 4) is 0 Å². The molecular formula is C23H21ClN2O3S. The number of hydrogen-bond acceptors (Lipinski definition) is 3. The van der Waals surface area contributed by atoms with E-state index < -0.39 is 10.0 Å². The van der Waals surface area contributed by atoms with E-state index in [1.54, 1.807) is 17.0 Å². The fourth-order valence-electron chi connectivity index (χ4n) is 3.52. The molecule has 1 aliphatic heterocycles. The third-order valence-electron chi connectivity index (χ3n) is 5.16. The maximum Gasteiger partial charge on any atom is 0.258 e. The number of nitrogens with zero attached hydrogens (tertiary/aromatic N) is 1. The second-order valence-electron chi connectivity index (χ2n) is 7.32. The van der Waals surface area contributed by atoms with Gasteiger partial charge in [0.15, 0.2) is 0 Å². The largest absolute Gasteiger partial charge is 0.308 e. The van der Waals surface area contributed by atoms with E-state index in [0.717, 1.165) is 28.8 Å². The van der Waals surface area contributed by atoms with Gasteiger partial charge in [-0.3, -0.25) is 4.79 Å². The molecule has 1 heterocycles. The van der Waals surface area contributed by atoms with E-state index in [4.69, 9.17) is 11.6 Å². The molecule has 1 aliphatic rings. The fraction of sp³-hybridized carbons (Fsp3) is 0.174. The van der Waals surface area contributed by atoms with Crippen LogP contribution in [0.2, 0.25) is 5.02 Å². The van der Waals surface area contributed by atoms with Crippen LogP contribution < -0.4 is 9.62 Å². The summed E-state index contributed by atoms with van der Waals surface area (Å²) in [5.41, 5.74) is 4.52. The van der Waals surface area contributed by atoms with Crippen LogP contribution in [-0.2, 0) is 23.0 Å². The van der Waals surface area contributed by atoms with Gasteiger partial charge in [0.2, 0.25) is 10.0 Å². The van der Waals surface area contributed by atoms with Crippen LogP contribution in [0.4, 0.5) is 5.69 Å². The van der Waals surface area contributed by atoms with Crippen molar-refractivity contribution in [2.24, 2.45) is 0 Å². The number of anilines is 1. The topological polar surface area (TPSA) is 66.5 Å². The summed E-state index contributed by atoms with van der Waals surface area (Å²) in [6.45, 7) is 2.76. The van der Waals surface area contributed by atoms with E-state index in [9.17, 15) is 13.2 Å². The zero-order chi connectivity index (χ0) is 21.3. The van der Waals surface area contributed by atoms with Crippen LogP contribution in [0.3, 0.4) is 0 Å². The lowest BCUT2D eigenvalue weighted by Crippen LogP contribution is -2.28. The van der Waals surface area contributed by atoms with Crippen molar-refractivity contribution in [2.45, 2.75) is 24.8 Å². The highest BCUT2D eigenvalue weighted by atomic mass is 35.5. The number of halogens is 1. The lowest BCUT2D eigenvalue weighted by molar-refractivity contribution is 0.0989. The number of aryl methyl sites for hydroxylation is 1. The normalized spacial score (nSPS) is 13.3. The van der Waals surface area contributed by atoms with E-state index in [-0.39, 0.29) is 17.3 Å². The highest BCUT2D eigenvalue weighted by Crippen LogP contribution is 2.30. The van der Waals surface area contributed by atoms with Crippen LogP contribution >= 0.6 is 11.6 Å². The van der Waals surface area contributed by atoms with Crippen molar-refractivity contribution in [1.82, 2.24) is 4.72 Å². The molecule has 1 amide bonds. The van der Waals surface area contributed by atoms with Gasteiger partial charge in [-0.1, -0.05) is 47.5 Å². The Balaban J connectivity index is 1.48. The first-order chi connectivity index (χ1) is 14.3. The first-order valence-electron chi connectivity index (χ1n) is 9.59. The van der Waals surface area contributed by atoms with Crippen molar-refractivity contribution < 1.29 is 13.2 Å². The third-order valence-corrected chi connectivity index (χ3v) is 6.79. The molecule has 0 spiro atoms. The fourth-order valence-corrected chi connectivity index (χ4v) is 4.84. The van der Waals surface area contributed by atoms with Gasteiger partial charge in [0.05, 0.1) is 4.90 Å². The monoisotopic (exact) mass is 440 g/mol. The average Bonchev–Trinajstić information content (AvgIpc) is 3.15. The molecule has 3 aromatic rings. The van der Waals surface area contributed by atoms with Crippen LogP contribution in [0.1, 0.15) is 27.0 Å². The lowest BCUT2D eigenvalue weighted by Gasteiger charge is -2.18. The van der Waals surface area contributed by atoms with Gasteiger partial charge in [0.1, 0.15) is 0 Å². The summed E-state index contributed by atoms with van der Waals surface area (Å²) in [5, 5.41) is 0.369. The summed E-state index contributed by atoms with van der Waals surface area (Å²) in [6.07, 6.45) is 0.738. The quantitative estimate of drug-likeness (QED) is 0.642. The first-order valence-corrected chi connectivity index (χ1v) is 11.5. The van der Waals surface area contributed by atoms with Crippen molar-refractivity contribution in [3.05, 3.63) is 94.0 Å². The van der Waals surface area contributed by atoms with Gasteiger partial charge in [-0.25, -0.2) is 13.1 Å². The summed E-state index contributed by atoms with van der Waals surface area (Å²) in [7, 11) is -3.66. The average molecular weight is 441 g/mol. The van der Waals surface area contributed by atoms with Crippen molar-refractivity contribution >= 4 is 33.2 Å². The predicted molar refractivity (Wildman–Crippen MR) is 118 cm³/mol. The molecule has 1 N–H and O–H groups in total. The molecule has 0 radical (unpaired) electrons. The molecule has 3 aromatic carbocycles. The van der Waals surface area contributed by atoms with Gasteiger partial charge < -0.3 is 4.90 Å². The van der Waals surface area contributed by atoms with Gasteiger partial charge in [-0.15, -0.1) is 0 Å². The molecule has 4 rings (SSSR count). The Morgan fingerprint density at radius 2 is 1.83 bits per heavy atom. The maximum absolute atomic E-state index is 12.9. The molecule has 0 bridgehead atoms. The van der Waals surface area contributed by atoms with E-state index in [2.05, 4.69) is 4.72 Å². The number of fused-ring (bicyclic) bond motifs is 1. The van der Waals surface area contributed by atoms with E-state index in [1.807, 2.05) is 49.4 Å². The smallest absolute Gasteiger partial charge is 0.258 e. The molecular weight excluding hydrogens is 420 g/mol. The van der Waals surface area contributed by atoms with Gasteiger partial charge >= 0.3 is 0 Å². The Morgan fingerprint density at radius 1 is 1.07 bits per heavy atom. The SMILES string of the molecule is Cc1ccc(C(=O)N2CCc3cc(CNS(=O)(=O)c4cccc(Cl)c4)ccc32)cc1. The molecule has 0 fully saturated rings. The highest BCUT2D eigenvalue weighted by Gasteiger charge is 2.26. The number of amides is 1. The number of nitrogens with one attached hydrogen (secondary N) is 1. The van der Waals surface area contributed by atoms with Gasteiger partial charge in [0.25, 0.3) is 5.91 Å². The number of benzene rings is 3. The van der Waals surface area contributed by atoms with Crippen LogP contribution in [0, 0.1) is 6.92 Å². The van der Waals surface area contributed by atoms with E-state index >= 15 is 0 Å². The van der Waals surface area contributed by atoms with Crippen LogP contribution in [0.15, 0.2) is 71.6 Å². The number of carbonyl (C=O) groups is 1. The Hall–Kier alpha value is -2.67. The summed E-state index contributed by atoms with van der Waals surface area (Å²) >= 11 is 5.90. The molecule has 154 valence electrons. The van der Waals surface area contributed by atoms with Gasteiger partial charge in [-0.2, -0.15) is 0 Å². The van der Waals surface area contributed by atoms with Gasteiger partial charge in [0, 0.05) is 29.4 Å². The number of hydrogen-bond donors (Lipinski definition) is 1. The Kier molecular flexibility index (Phi) is 5.64. The minimum Gasteiger partial charge on any atom is -0.308 e. The standard InChI is InChI=1S/C23H21ClN2O3S/c1-16-5-8-18(9-6-16)23(27)26-12-11-19-13-17(7-10-22(19)26)15-25-30(28,29)21-4-2-3-20(24)14-21/h2-10,13-14,25H,11-12,15H2,1H3. The molecule has 0 aliphatic carbocycles. The molecule has 0 aromatic heterocycles. The third kappa shape index (κ3) is 4.26. The zero-order valence-electron chi connectivity index (χ0n) is 16.4.